The van der Waals surface area contributed by atoms with Gasteiger partial charge in [0.05, 0.1) is 23.3 Å². The van der Waals surface area contributed by atoms with Crippen LogP contribution in [0.3, 0.4) is 0 Å². The number of hydrogen-bond donors (Lipinski definition) is 0. The molecule has 0 fully saturated rings. The maximum Gasteiger partial charge on any atom is 0.0897 e. The van der Waals surface area contributed by atoms with Gasteiger partial charge in [-0.1, -0.05) is 18.2 Å². The molecule has 0 amide bonds. The number of thiazole rings is 1. The Morgan fingerprint density at radius 1 is 1.25 bits per heavy atom. The minimum absolute atomic E-state index is 0.805. The minimum Gasteiger partial charge on any atom is -0.260 e. The van der Waals surface area contributed by atoms with Gasteiger partial charge in [-0.2, -0.15) is 5.10 Å². The van der Waals surface area contributed by atoms with Crippen molar-refractivity contribution >= 4 is 22.2 Å². The summed E-state index contributed by atoms with van der Waals surface area (Å²) in [6, 6.07) is 8.25. The van der Waals surface area contributed by atoms with Gasteiger partial charge in [0.1, 0.15) is 0 Å². The molecule has 16 heavy (non-hydrogen) atoms. The van der Waals surface area contributed by atoms with Crippen molar-refractivity contribution < 1.29 is 0 Å². The second-order valence-electron chi connectivity index (χ2n) is 3.71. The normalized spacial score (nSPS) is 11.1. The molecule has 0 saturated carbocycles. The third-order valence-corrected chi connectivity index (χ3v) is 3.42. The zero-order valence-corrected chi connectivity index (χ0v) is 9.74. The molecule has 0 saturated heterocycles. The number of rotatable bonds is 2. The van der Waals surface area contributed by atoms with E-state index in [-0.39, 0.29) is 0 Å². The smallest absolute Gasteiger partial charge is 0.0897 e. The van der Waals surface area contributed by atoms with Crippen LogP contribution >= 0.6 is 11.3 Å². The van der Waals surface area contributed by atoms with Crippen LogP contribution in [-0.2, 0) is 6.54 Å². The van der Waals surface area contributed by atoms with Gasteiger partial charge >= 0.3 is 0 Å². The second-order valence-corrected chi connectivity index (χ2v) is 5.03. The van der Waals surface area contributed by atoms with Crippen LogP contribution in [0.1, 0.15) is 9.88 Å². The van der Waals surface area contributed by atoms with Gasteiger partial charge in [0.25, 0.3) is 0 Å². The molecule has 0 bridgehead atoms. The predicted molar refractivity (Wildman–Crippen MR) is 65.7 cm³/mol. The van der Waals surface area contributed by atoms with Gasteiger partial charge in [-0.3, -0.25) is 4.68 Å². The predicted octanol–water partition coefficient (Wildman–Crippen LogP) is 2.85. The number of nitrogens with zero attached hydrogens (tertiary/aromatic N) is 3. The van der Waals surface area contributed by atoms with E-state index in [2.05, 4.69) is 22.2 Å². The van der Waals surface area contributed by atoms with E-state index in [0.717, 1.165) is 11.6 Å². The molecule has 0 N–H and O–H groups in total. The Balaban J connectivity index is 2.00. The first kappa shape index (κ1) is 9.54. The third kappa shape index (κ3) is 1.61. The lowest BCUT2D eigenvalue weighted by Gasteiger charge is -1.99. The quantitative estimate of drug-likeness (QED) is 0.676. The van der Waals surface area contributed by atoms with Gasteiger partial charge < -0.3 is 0 Å². The molecule has 1 aromatic carbocycles. The lowest BCUT2D eigenvalue weighted by Crippen LogP contribution is -1.99. The van der Waals surface area contributed by atoms with Gasteiger partial charge in [-0.25, -0.2) is 4.98 Å². The highest BCUT2D eigenvalue weighted by molar-refractivity contribution is 7.11. The van der Waals surface area contributed by atoms with Crippen molar-refractivity contribution in [3.8, 4) is 0 Å². The number of benzene rings is 1. The van der Waals surface area contributed by atoms with Crippen LogP contribution in [0.25, 0.3) is 10.9 Å². The van der Waals surface area contributed by atoms with E-state index in [9.17, 15) is 0 Å². The molecule has 0 radical (unpaired) electrons. The summed E-state index contributed by atoms with van der Waals surface area (Å²) in [7, 11) is 0. The van der Waals surface area contributed by atoms with E-state index in [1.165, 1.54) is 15.8 Å². The van der Waals surface area contributed by atoms with Gasteiger partial charge in [0.15, 0.2) is 0 Å². The summed E-state index contributed by atoms with van der Waals surface area (Å²) in [5, 5.41) is 6.68. The summed E-state index contributed by atoms with van der Waals surface area (Å²) in [5.41, 5.74) is 1.17. The van der Waals surface area contributed by atoms with Crippen molar-refractivity contribution in [2.24, 2.45) is 0 Å². The molecule has 0 atom stereocenters. The first-order chi connectivity index (χ1) is 7.83. The van der Waals surface area contributed by atoms with Crippen molar-refractivity contribution in [2.45, 2.75) is 13.5 Å². The minimum atomic E-state index is 0.805. The summed E-state index contributed by atoms with van der Waals surface area (Å²) in [6.45, 7) is 2.83. The zero-order valence-electron chi connectivity index (χ0n) is 8.92. The fourth-order valence-electron chi connectivity index (χ4n) is 1.78. The van der Waals surface area contributed by atoms with Crippen molar-refractivity contribution in [1.29, 1.82) is 0 Å². The van der Waals surface area contributed by atoms with Crippen LogP contribution in [0.2, 0.25) is 0 Å². The summed E-state index contributed by atoms with van der Waals surface area (Å²) in [6.07, 6.45) is 3.83. The molecule has 3 rings (SSSR count). The number of hydrogen-bond acceptors (Lipinski definition) is 3. The molecular weight excluding hydrogens is 218 g/mol. The first-order valence-electron chi connectivity index (χ1n) is 5.15. The van der Waals surface area contributed by atoms with Crippen molar-refractivity contribution in [1.82, 2.24) is 14.8 Å². The number of fused-ring (bicyclic) bond motifs is 1. The monoisotopic (exact) mass is 229 g/mol. The van der Waals surface area contributed by atoms with Crippen LogP contribution in [0.5, 0.6) is 0 Å². The van der Waals surface area contributed by atoms with E-state index < -0.39 is 0 Å². The SMILES string of the molecule is Cc1ncc(Cn2ncc3ccccc32)s1. The Labute approximate surface area is 97.4 Å². The van der Waals surface area contributed by atoms with Gasteiger partial charge in [0, 0.05) is 16.5 Å². The van der Waals surface area contributed by atoms with E-state index >= 15 is 0 Å². The Morgan fingerprint density at radius 2 is 2.12 bits per heavy atom. The average molecular weight is 229 g/mol. The number of para-hydroxylation sites is 1. The topological polar surface area (TPSA) is 30.7 Å². The number of aromatic nitrogens is 3. The molecule has 4 heteroatoms. The lowest BCUT2D eigenvalue weighted by atomic mass is 10.2. The summed E-state index contributed by atoms with van der Waals surface area (Å²) in [5.74, 6) is 0. The molecule has 3 aromatic rings. The molecule has 3 nitrogen and oxygen atoms in total. The van der Waals surface area contributed by atoms with Crippen molar-refractivity contribution in [3.63, 3.8) is 0 Å². The first-order valence-corrected chi connectivity index (χ1v) is 5.96. The molecule has 0 aliphatic heterocycles. The van der Waals surface area contributed by atoms with E-state index in [0.29, 0.717) is 0 Å². The largest absolute Gasteiger partial charge is 0.260 e. The van der Waals surface area contributed by atoms with Crippen LogP contribution in [0.15, 0.2) is 36.7 Å². The van der Waals surface area contributed by atoms with Crippen molar-refractivity contribution in [3.05, 3.63) is 46.5 Å². The van der Waals surface area contributed by atoms with Crippen LogP contribution in [0, 0.1) is 6.92 Å². The molecule has 2 aromatic heterocycles. The Hall–Kier alpha value is -1.68. The van der Waals surface area contributed by atoms with E-state index in [1.54, 1.807) is 11.3 Å². The molecule has 0 aliphatic carbocycles. The molecule has 80 valence electrons. The van der Waals surface area contributed by atoms with E-state index in [1.807, 2.05) is 36.1 Å². The van der Waals surface area contributed by atoms with Crippen molar-refractivity contribution in [2.75, 3.05) is 0 Å². The Kier molecular flexibility index (Phi) is 2.22. The highest BCUT2D eigenvalue weighted by Crippen LogP contribution is 2.17. The summed E-state index contributed by atoms with van der Waals surface area (Å²) >= 11 is 1.72. The molecule has 0 unspecified atom stereocenters. The Bertz CT molecular complexity index is 624. The average Bonchev–Trinajstić information content (AvgIpc) is 2.87. The van der Waals surface area contributed by atoms with Gasteiger partial charge in [-0.15, -0.1) is 11.3 Å². The van der Waals surface area contributed by atoms with E-state index in [4.69, 9.17) is 0 Å². The third-order valence-electron chi connectivity index (χ3n) is 2.53. The fourth-order valence-corrected chi connectivity index (χ4v) is 2.55. The summed E-state index contributed by atoms with van der Waals surface area (Å²) in [4.78, 5) is 5.50. The van der Waals surface area contributed by atoms with Crippen LogP contribution in [0.4, 0.5) is 0 Å². The highest BCUT2D eigenvalue weighted by atomic mass is 32.1. The Morgan fingerprint density at radius 3 is 2.94 bits per heavy atom. The van der Waals surface area contributed by atoms with Crippen LogP contribution in [-0.4, -0.2) is 14.8 Å². The molecule has 2 heterocycles. The maximum absolute atomic E-state index is 4.40. The fraction of sp³-hybridized carbons (Fsp3) is 0.167. The lowest BCUT2D eigenvalue weighted by molar-refractivity contribution is 0.719. The standard InChI is InChI=1S/C12H11N3S/c1-9-13-7-11(16-9)8-15-12-5-3-2-4-10(12)6-14-15/h2-7H,8H2,1H3. The van der Waals surface area contributed by atoms with Crippen LogP contribution < -0.4 is 0 Å². The second kappa shape index (κ2) is 3.72. The zero-order chi connectivity index (χ0) is 11.0. The number of aryl methyl sites for hydroxylation is 1. The van der Waals surface area contributed by atoms with Gasteiger partial charge in [-0.05, 0) is 13.0 Å². The summed E-state index contributed by atoms with van der Waals surface area (Å²) < 4.78 is 2.02. The van der Waals surface area contributed by atoms with Gasteiger partial charge in [0.2, 0.25) is 0 Å². The highest BCUT2D eigenvalue weighted by Gasteiger charge is 2.04. The molecular formula is C12H11N3S. The molecule has 0 aliphatic rings. The maximum atomic E-state index is 4.40. The molecule has 0 spiro atoms.